The zero-order valence-corrected chi connectivity index (χ0v) is 26.3. The van der Waals surface area contributed by atoms with Crippen LogP contribution in [0.15, 0.2) is 0 Å². The highest BCUT2D eigenvalue weighted by atomic mass is 16.2. The predicted octanol–water partition coefficient (Wildman–Crippen LogP) is -7.51. The van der Waals surface area contributed by atoms with Gasteiger partial charge in [-0.05, 0) is 38.5 Å². The van der Waals surface area contributed by atoms with E-state index in [1.807, 2.05) is 0 Å². The number of carbonyl (C=O) groups excluding carboxylic acids is 7. The monoisotopic (exact) mass is 659 g/mol. The summed E-state index contributed by atoms with van der Waals surface area (Å²) in [6, 6.07) is -5.41. The molecule has 0 fully saturated rings. The van der Waals surface area contributed by atoms with Crippen LogP contribution in [0.5, 0.6) is 0 Å². The number of hydrogen-bond donors (Lipinski definition) is 13. The van der Waals surface area contributed by atoms with Gasteiger partial charge in [0.25, 0.3) is 0 Å². The molecule has 20 N–H and O–H groups in total. The van der Waals surface area contributed by atoms with E-state index in [1.165, 1.54) is 6.92 Å². The van der Waals surface area contributed by atoms with Gasteiger partial charge in [0.2, 0.25) is 41.4 Å². The second-order valence-electron chi connectivity index (χ2n) is 10.7. The Labute approximate surface area is 268 Å². The molecule has 0 saturated carbocycles. The Morgan fingerprint density at radius 2 is 0.587 bits per heavy atom. The van der Waals surface area contributed by atoms with Crippen molar-refractivity contribution in [3.8, 4) is 0 Å². The third-order valence-electron chi connectivity index (χ3n) is 6.65. The van der Waals surface area contributed by atoms with Crippen LogP contribution in [0, 0.1) is 0 Å². The van der Waals surface area contributed by atoms with Crippen LogP contribution in [0.1, 0.15) is 45.4 Å². The summed E-state index contributed by atoms with van der Waals surface area (Å²) in [5, 5.41) is 15.4. The van der Waals surface area contributed by atoms with E-state index in [1.54, 1.807) is 0 Å². The molecule has 0 aromatic rings. The molecule has 46 heavy (non-hydrogen) atoms. The van der Waals surface area contributed by atoms with E-state index in [4.69, 9.17) is 40.1 Å². The number of nitrogens with two attached hydrogens (primary N) is 7. The van der Waals surface area contributed by atoms with E-state index < -0.39 is 71.7 Å². The minimum absolute atomic E-state index is 0.0658. The van der Waals surface area contributed by atoms with E-state index in [-0.39, 0.29) is 83.7 Å². The molecular weight excluding hydrogens is 606 g/mol. The van der Waals surface area contributed by atoms with Gasteiger partial charge < -0.3 is 72.0 Å². The van der Waals surface area contributed by atoms with Gasteiger partial charge in [0, 0.05) is 46.2 Å². The molecule has 0 aliphatic rings. The molecule has 0 bridgehead atoms. The number of nitrogens with one attached hydrogen (secondary N) is 6. The Balaban J connectivity index is 4.12. The van der Waals surface area contributed by atoms with E-state index >= 15 is 0 Å². The lowest BCUT2D eigenvalue weighted by Gasteiger charge is -2.17. The van der Waals surface area contributed by atoms with Gasteiger partial charge in [0.15, 0.2) is 0 Å². The Morgan fingerprint density at radius 1 is 0.391 bits per heavy atom. The van der Waals surface area contributed by atoms with E-state index in [0.717, 1.165) is 0 Å². The summed E-state index contributed by atoms with van der Waals surface area (Å²) in [6.07, 6.45) is 0.923. The average molecular weight is 660 g/mol. The maximum atomic E-state index is 12.3. The van der Waals surface area contributed by atoms with Gasteiger partial charge in [0.05, 0.1) is 36.3 Å². The number of rotatable bonds is 24. The van der Waals surface area contributed by atoms with Crippen molar-refractivity contribution in [2.24, 2.45) is 40.1 Å². The molecule has 0 saturated heterocycles. The van der Waals surface area contributed by atoms with Crippen molar-refractivity contribution in [3.05, 3.63) is 0 Å². The molecular formula is C26H53N13O7. The van der Waals surface area contributed by atoms with Crippen molar-refractivity contribution in [2.75, 3.05) is 39.3 Å². The second kappa shape index (κ2) is 23.4. The average Bonchev–Trinajstić information content (AvgIpc) is 2.99. The molecule has 264 valence electrons. The molecule has 20 heteroatoms. The maximum absolute atomic E-state index is 12.3. The summed E-state index contributed by atoms with van der Waals surface area (Å²) in [5.41, 5.74) is 39.6. The number of hydrogen-bond acceptors (Lipinski definition) is 13. The van der Waals surface area contributed by atoms with E-state index in [9.17, 15) is 33.6 Å². The first-order valence-corrected chi connectivity index (χ1v) is 15.0. The van der Waals surface area contributed by atoms with Gasteiger partial charge in [-0.2, -0.15) is 0 Å². The zero-order valence-electron chi connectivity index (χ0n) is 26.3. The van der Waals surface area contributed by atoms with Crippen molar-refractivity contribution >= 4 is 41.4 Å². The van der Waals surface area contributed by atoms with Gasteiger partial charge >= 0.3 is 0 Å². The van der Waals surface area contributed by atoms with Gasteiger partial charge in [-0.1, -0.05) is 0 Å². The summed E-state index contributed by atoms with van der Waals surface area (Å²) in [7, 11) is 0. The van der Waals surface area contributed by atoms with Crippen LogP contribution in [0.2, 0.25) is 0 Å². The fourth-order valence-corrected chi connectivity index (χ4v) is 3.61. The van der Waals surface area contributed by atoms with E-state index in [0.29, 0.717) is 0 Å². The predicted molar refractivity (Wildman–Crippen MR) is 168 cm³/mol. The largest absolute Gasteiger partial charge is 0.368 e. The highest BCUT2D eigenvalue weighted by Crippen LogP contribution is 1.95. The topological polar surface area (TPSA) is 374 Å². The molecule has 20 nitrogen and oxygen atoms in total. The minimum Gasteiger partial charge on any atom is -0.368 e. The summed E-state index contributed by atoms with van der Waals surface area (Å²) >= 11 is 0. The van der Waals surface area contributed by atoms with Crippen molar-refractivity contribution in [1.29, 1.82) is 0 Å². The van der Waals surface area contributed by atoms with Gasteiger partial charge in [-0.15, -0.1) is 0 Å². The van der Waals surface area contributed by atoms with Crippen LogP contribution in [0.4, 0.5) is 0 Å². The van der Waals surface area contributed by atoms with Gasteiger partial charge in [-0.3, -0.25) is 33.6 Å². The number of amides is 7. The molecule has 7 amide bonds. The second-order valence-corrected chi connectivity index (χ2v) is 10.7. The molecule has 6 atom stereocenters. The maximum Gasteiger partial charge on any atom is 0.236 e. The fraction of sp³-hybridized carbons (Fsp3) is 0.731. The van der Waals surface area contributed by atoms with Crippen LogP contribution < -0.4 is 72.0 Å². The SMILES string of the molecule is CC(=O)NCC[C@H](N)C(=O)NCC[C@H](N)C(=O)NCC[C@H](N)C(=O)NCC[C@H](N)C(=O)NCC[C@H](N)C(=O)NCC[C@H](N)C(N)=O. The van der Waals surface area contributed by atoms with Crippen LogP contribution in [0.3, 0.4) is 0 Å². The quantitative estimate of drug-likeness (QED) is 0.0458. The molecule has 0 spiro atoms. The van der Waals surface area contributed by atoms with Gasteiger partial charge in [-0.25, -0.2) is 0 Å². The van der Waals surface area contributed by atoms with Crippen molar-refractivity contribution < 1.29 is 33.6 Å². The lowest BCUT2D eigenvalue weighted by molar-refractivity contribution is -0.125. The third-order valence-corrected chi connectivity index (χ3v) is 6.65. The lowest BCUT2D eigenvalue weighted by atomic mass is 10.1. The first-order valence-electron chi connectivity index (χ1n) is 15.0. The normalized spacial score (nSPS) is 14.8. The summed E-state index contributed by atoms with van der Waals surface area (Å²) in [4.78, 5) is 82.4. The summed E-state index contributed by atoms with van der Waals surface area (Å²) in [5.74, 6) is -3.30. The smallest absolute Gasteiger partial charge is 0.236 e. The molecule has 0 unspecified atom stereocenters. The first kappa shape index (κ1) is 42.0. The molecule has 0 aliphatic carbocycles. The van der Waals surface area contributed by atoms with E-state index in [2.05, 4.69) is 31.9 Å². The number of carbonyl (C=O) groups is 7. The minimum atomic E-state index is -0.945. The molecule has 0 rings (SSSR count). The molecule has 0 aromatic carbocycles. The highest BCUT2D eigenvalue weighted by Gasteiger charge is 2.20. The molecule has 0 radical (unpaired) electrons. The summed E-state index contributed by atoms with van der Waals surface area (Å²) in [6.45, 7) is 2.08. The van der Waals surface area contributed by atoms with Crippen molar-refractivity contribution in [1.82, 2.24) is 31.9 Å². The molecule has 0 heterocycles. The van der Waals surface area contributed by atoms with Crippen molar-refractivity contribution in [3.63, 3.8) is 0 Å². The van der Waals surface area contributed by atoms with Crippen LogP contribution in [-0.4, -0.2) is 117 Å². The Kier molecular flexibility index (Phi) is 21.4. The molecule has 0 aliphatic heterocycles. The molecule has 0 aromatic heterocycles. The van der Waals surface area contributed by atoms with Crippen LogP contribution in [0.25, 0.3) is 0 Å². The Hall–Kier alpha value is -3.95. The lowest BCUT2D eigenvalue weighted by Crippen LogP contribution is -2.48. The standard InChI is InChI=1S/C26H53N13O7/c1-14(40)34-8-3-16(28)22(42)36-10-5-18(30)24(44)38-12-7-20(32)26(46)39-13-6-19(31)25(45)37-11-4-17(29)23(43)35-9-2-15(27)21(33)41/h15-20H,2-13,27-32H2,1H3,(H2,33,41)(H,34,40)(H,35,43)(H,36,42)(H,37,45)(H,38,44)(H,39,46)/t15-,16-,17-,18-,19-,20-/m0/s1. The Bertz CT molecular complexity index is 1020. The highest BCUT2D eigenvalue weighted by molar-refractivity contribution is 5.84. The van der Waals surface area contributed by atoms with Gasteiger partial charge in [0.1, 0.15) is 0 Å². The van der Waals surface area contributed by atoms with Crippen molar-refractivity contribution in [2.45, 2.75) is 81.7 Å². The Morgan fingerprint density at radius 3 is 0.783 bits per heavy atom. The first-order chi connectivity index (χ1) is 21.6. The van der Waals surface area contributed by atoms with Crippen LogP contribution in [-0.2, 0) is 33.6 Å². The number of primary amides is 1. The zero-order chi connectivity index (χ0) is 35.2. The summed E-state index contributed by atoms with van der Waals surface area (Å²) < 4.78 is 0. The third kappa shape index (κ3) is 19.4. The van der Waals surface area contributed by atoms with Crippen LogP contribution >= 0.6 is 0 Å². The fourth-order valence-electron chi connectivity index (χ4n) is 3.61.